The van der Waals surface area contributed by atoms with Gasteiger partial charge in [-0.3, -0.25) is 4.79 Å². The minimum Gasteiger partial charge on any atom is -0.300 e. The van der Waals surface area contributed by atoms with E-state index in [2.05, 4.69) is 0 Å². The number of hydrogen-bond acceptors (Lipinski definition) is 4. The average molecular weight is 309 g/mol. The van der Waals surface area contributed by atoms with Crippen LogP contribution in [0, 0.1) is 0 Å². The fourth-order valence-corrected chi connectivity index (χ4v) is 5.81. The molecule has 19 heavy (non-hydrogen) atoms. The van der Waals surface area contributed by atoms with E-state index in [1.165, 1.54) is 6.42 Å². The van der Waals surface area contributed by atoms with Crippen molar-refractivity contribution in [3.8, 4) is 0 Å². The van der Waals surface area contributed by atoms with E-state index in [9.17, 15) is 13.2 Å². The Morgan fingerprint density at radius 3 is 2.42 bits per heavy atom. The topological polar surface area (TPSA) is 60.4 Å². The number of unbranched alkanes of at least 4 members (excludes halogenated alkanes) is 2. The van der Waals surface area contributed by atoms with Crippen molar-refractivity contribution < 1.29 is 16.8 Å². The van der Waals surface area contributed by atoms with E-state index >= 15 is 0 Å². The molecule has 112 valence electrons. The summed E-state index contributed by atoms with van der Waals surface area (Å²) >= 11 is -0.372. The van der Waals surface area contributed by atoms with Gasteiger partial charge in [0.1, 0.15) is 17.3 Å². The summed E-state index contributed by atoms with van der Waals surface area (Å²) in [5, 5.41) is 0. The molecule has 0 bridgehead atoms. The number of ketones is 1. The van der Waals surface area contributed by atoms with Crippen LogP contribution in [0.5, 0.6) is 0 Å². The van der Waals surface area contributed by atoms with Crippen LogP contribution in [0.25, 0.3) is 0 Å². The van der Waals surface area contributed by atoms with Crippen molar-refractivity contribution in [2.45, 2.75) is 58.3 Å². The predicted molar refractivity (Wildman–Crippen MR) is 79.6 cm³/mol. The first-order valence-corrected chi connectivity index (χ1v) is 10.2. The van der Waals surface area contributed by atoms with Crippen LogP contribution >= 0.6 is 0 Å². The maximum absolute atomic E-state index is 11.8. The Labute approximate surface area is 120 Å². The van der Waals surface area contributed by atoms with Crippen molar-refractivity contribution in [2.75, 3.05) is 17.3 Å². The molecule has 0 aromatic heterocycles. The fourth-order valence-electron chi connectivity index (χ4n) is 2.01. The molecule has 1 saturated heterocycles. The first-order chi connectivity index (χ1) is 9.03. The summed E-state index contributed by atoms with van der Waals surface area (Å²) in [6.45, 7) is 1.85. The summed E-state index contributed by atoms with van der Waals surface area (Å²) < 4.78 is 28.8. The lowest BCUT2D eigenvalue weighted by Crippen LogP contribution is -2.24. The van der Waals surface area contributed by atoms with Crippen LogP contribution in [0.15, 0.2) is 0 Å². The Hall–Kier alpha value is -0.0700. The maximum Gasteiger partial charge on any atom is 0.311 e. The van der Waals surface area contributed by atoms with Crippen molar-refractivity contribution in [2.24, 2.45) is 0 Å². The smallest absolute Gasteiger partial charge is 0.300 e. The molecular formula is C13H25O4S2+. The normalized spacial score (nSPS) is 17.5. The van der Waals surface area contributed by atoms with Gasteiger partial charge in [0.05, 0.1) is 5.75 Å². The Bertz CT molecular complexity index is 359. The molecule has 0 saturated carbocycles. The Morgan fingerprint density at radius 1 is 1.11 bits per heavy atom. The maximum atomic E-state index is 11.8. The quantitative estimate of drug-likeness (QED) is 0.485. The van der Waals surface area contributed by atoms with E-state index in [0.717, 1.165) is 37.2 Å². The second-order valence-corrected chi connectivity index (χ2v) is 8.71. The summed E-state index contributed by atoms with van der Waals surface area (Å²) in [5.74, 6) is 2.13. The number of carbonyl (C=O) groups is 1. The van der Waals surface area contributed by atoms with Gasteiger partial charge < -0.3 is 0 Å². The van der Waals surface area contributed by atoms with Crippen LogP contribution in [-0.2, 0) is 29.7 Å². The third-order valence-corrected chi connectivity index (χ3v) is 7.06. The van der Waals surface area contributed by atoms with Crippen molar-refractivity contribution in [1.82, 2.24) is 0 Å². The van der Waals surface area contributed by atoms with Gasteiger partial charge in [-0.2, -0.15) is 8.42 Å². The third-order valence-electron chi connectivity index (χ3n) is 3.19. The average Bonchev–Trinajstić information content (AvgIpc) is 2.38. The molecule has 0 aromatic carbocycles. The van der Waals surface area contributed by atoms with Gasteiger partial charge in [0.15, 0.2) is 11.2 Å². The van der Waals surface area contributed by atoms with Gasteiger partial charge in [0.25, 0.3) is 0 Å². The molecule has 1 aliphatic heterocycles. The molecule has 0 aromatic rings. The lowest BCUT2D eigenvalue weighted by atomic mass is 10.1. The van der Waals surface area contributed by atoms with Gasteiger partial charge in [-0.15, -0.1) is 0 Å². The first-order valence-electron chi connectivity index (χ1n) is 7.15. The van der Waals surface area contributed by atoms with Gasteiger partial charge in [0, 0.05) is 12.8 Å². The largest absolute Gasteiger partial charge is 0.311 e. The highest BCUT2D eigenvalue weighted by Gasteiger charge is 2.30. The number of hydrogen-bond donors (Lipinski definition) is 0. The van der Waals surface area contributed by atoms with Crippen LogP contribution in [0.1, 0.15) is 58.3 Å². The van der Waals surface area contributed by atoms with Gasteiger partial charge in [-0.25, -0.2) is 0 Å². The molecule has 1 heterocycles. The van der Waals surface area contributed by atoms with E-state index in [0.29, 0.717) is 19.3 Å². The van der Waals surface area contributed by atoms with Crippen LogP contribution in [-0.4, -0.2) is 31.5 Å². The first kappa shape index (κ1) is 17.0. The summed E-state index contributed by atoms with van der Waals surface area (Å²) in [6, 6.07) is 0. The highest BCUT2D eigenvalue weighted by Crippen LogP contribution is 2.18. The van der Waals surface area contributed by atoms with E-state index in [-0.39, 0.29) is 22.7 Å². The molecule has 1 fully saturated rings. The van der Waals surface area contributed by atoms with Crippen molar-refractivity contribution in [1.29, 1.82) is 0 Å². The molecule has 1 aliphatic rings. The molecule has 0 unspecified atom stereocenters. The SMILES string of the molecule is CCC(=O)CCCCCS(=O)(=O)O[S+]1CCCCC1. The second kappa shape index (κ2) is 8.97. The van der Waals surface area contributed by atoms with Crippen LogP contribution < -0.4 is 0 Å². The second-order valence-electron chi connectivity index (χ2n) is 4.94. The molecule has 0 aliphatic carbocycles. The molecule has 4 nitrogen and oxygen atoms in total. The zero-order chi connectivity index (χ0) is 14.1. The van der Waals surface area contributed by atoms with E-state index < -0.39 is 10.1 Å². The standard InChI is InChI=1S/C13H25O4S2/c1-2-13(14)9-5-3-8-12-19(15,16)17-18-10-6-4-7-11-18/h2-12H2,1H3/q+1. The summed E-state index contributed by atoms with van der Waals surface area (Å²) in [7, 11) is -3.36. The zero-order valence-electron chi connectivity index (χ0n) is 11.7. The number of carbonyl (C=O) groups excluding carboxylic acids is 1. The van der Waals surface area contributed by atoms with Gasteiger partial charge >= 0.3 is 10.1 Å². The highest BCUT2D eigenvalue weighted by molar-refractivity contribution is 8.02. The molecule has 0 spiro atoms. The summed E-state index contributed by atoms with van der Waals surface area (Å²) in [6.07, 6.45) is 6.66. The van der Waals surface area contributed by atoms with Crippen molar-refractivity contribution >= 4 is 27.1 Å². The monoisotopic (exact) mass is 309 g/mol. The van der Waals surface area contributed by atoms with Crippen LogP contribution in [0.4, 0.5) is 0 Å². The Morgan fingerprint density at radius 2 is 1.79 bits per heavy atom. The molecule has 0 N–H and O–H groups in total. The van der Waals surface area contributed by atoms with Crippen molar-refractivity contribution in [3.63, 3.8) is 0 Å². The summed E-state index contributed by atoms with van der Waals surface area (Å²) in [4.78, 5) is 11.1. The minimum absolute atomic E-state index is 0.0941. The molecular weight excluding hydrogens is 284 g/mol. The molecule has 1 rings (SSSR count). The lowest BCUT2D eigenvalue weighted by molar-refractivity contribution is -0.118. The number of rotatable bonds is 9. The van der Waals surface area contributed by atoms with Gasteiger partial charge in [-0.1, -0.05) is 13.3 Å². The minimum atomic E-state index is -3.36. The molecule has 0 amide bonds. The highest BCUT2D eigenvalue weighted by atomic mass is 32.3. The lowest BCUT2D eigenvalue weighted by Gasteiger charge is -2.11. The predicted octanol–water partition coefficient (Wildman–Crippen LogP) is 2.59. The fraction of sp³-hybridized carbons (Fsp3) is 0.923. The van der Waals surface area contributed by atoms with E-state index in [1.54, 1.807) is 0 Å². The summed E-state index contributed by atoms with van der Waals surface area (Å²) in [5.41, 5.74) is 0. The number of Topliss-reactive ketones (excluding diaryl/α,β-unsaturated/α-hetero) is 1. The van der Waals surface area contributed by atoms with Gasteiger partial charge in [0.2, 0.25) is 0 Å². The van der Waals surface area contributed by atoms with E-state index in [1.807, 2.05) is 6.92 Å². The molecule has 0 atom stereocenters. The third kappa shape index (κ3) is 7.95. The Balaban J connectivity index is 2.14. The van der Waals surface area contributed by atoms with Crippen molar-refractivity contribution in [3.05, 3.63) is 0 Å². The van der Waals surface area contributed by atoms with Crippen LogP contribution in [0.3, 0.4) is 0 Å². The Kier molecular flexibility index (Phi) is 8.02. The van der Waals surface area contributed by atoms with Gasteiger partial charge in [-0.05, 0) is 35.7 Å². The van der Waals surface area contributed by atoms with E-state index in [4.69, 9.17) is 3.63 Å². The van der Waals surface area contributed by atoms with Crippen LogP contribution in [0.2, 0.25) is 0 Å². The zero-order valence-corrected chi connectivity index (χ0v) is 13.4. The molecule has 6 heteroatoms. The molecule has 0 radical (unpaired) electrons.